The monoisotopic (exact) mass is 285 g/mol. The number of nitrogens with two attached hydrogens (primary N) is 1. The summed E-state index contributed by atoms with van der Waals surface area (Å²) in [6.07, 6.45) is 6.15. The molecule has 0 saturated heterocycles. The third kappa shape index (κ3) is 2.31. The molecule has 2 aromatic rings. The van der Waals surface area contributed by atoms with Crippen LogP contribution in [0.15, 0.2) is 18.2 Å². The summed E-state index contributed by atoms with van der Waals surface area (Å²) in [4.78, 5) is 4.85. The summed E-state index contributed by atoms with van der Waals surface area (Å²) >= 11 is 0. The standard InChI is InChI=1S/C17H23N3O/c18-14-6-7-16-15(8-14)19-17(11-4-5-11)20(16)9-12-2-1-3-13(12)10-21/h6-8,11-13,21H,1-5,9-10,18H2. The van der Waals surface area contributed by atoms with E-state index in [1.54, 1.807) is 0 Å². The minimum atomic E-state index is 0.322. The van der Waals surface area contributed by atoms with Gasteiger partial charge in [0, 0.05) is 24.8 Å². The first kappa shape index (κ1) is 13.1. The topological polar surface area (TPSA) is 64.1 Å². The van der Waals surface area contributed by atoms with Crippen molar-refractivity contribution in [3.8, 4) is 0 Å². The van der Waals surface area contributed by atoms with Crippen LogP contribution >= 0.6 is 0 Å². The van der Waals surface area contributed by atoms with E-state index < -0.39 is 0 Å². The van der Waals surface area contributed by atoms with E-state index >= 15 is 0 Å². The predicted octanol–water partition coefficient (Wildman–Crippen LogP) is 2.90. The highest BCUT2D eigenvalue weighted by atomic mass is 16.3. The van der Waals surface area contributed by atoms with Crippen LogP contribution in [0.2, 0.25) is 0 Å². The molecule has 2 saturated carbocycles. The zero-order chi connectivity index (χ0) is 14.4. The zero-order valence-electron chi connectivity index (χ0n) is 12.3. The molecule has 2 unspecified atom stereocenters. The van der Waals surface area contributed by atoms with Gasteiger partial charge in [-0.3, -0.25) is 0 Å². The molecule has 21 heavy (non-hydrogen) atoms. The third-order valence-corrected chi connectivity index (χ3v) is 5.21. The maximum absolute atomic E-state index is 9.56. The second-order valence-corrected chi connectivity index (χ2v) is 6.74. The van der Waals surface area contributed by atoms with Crippen LogP contribution in [-0.4, -0.2) is 21.3 Å². The van der Waals surface area contributed by atoms with E-state index in [-0.39, 0.29) is 0 Å². The van der Waals surface area contributed by atoms with Crippen LogP contribution < -0.4 is 5.73 Å². The molecule has 0 bridgehead atoms. The fraction of sp³-hybridized carbons (Fsp3) is 0.588. The lowest BCUT2D eigenvalue weighted by Crippen LogP contribution is -2.19. The summed E-state index contributed by atoms with van der Waals surface area (Å²) in [5.41, 5.74) is 8.91. The van der Waals surface area contributed by atoms with Crippen molar-refractivity contribution in [2.75, 3.05) is 12.3 Å². The summed E-state index contributed by atoms with van der Waals surface area (Å²) in [5.74, 6) is 2.91. The van der Waals surface area contributed by atoms with Gasteiger partial charge in [0.15, 0.2) is 0 Å². The molecule has 4 nitrogen and oxygen atoms in total. The van der Waals surface area contributed by atoms with Crippen LogP contribution in [0.3, 0.4) is 0 Å². The van der Waals surface area contributed by atoms with Gasteiger partial charge in [0.1, 0.15) is 5.82 Å². The lowest BCUT2D eigenvalue weighted by Gasteiger charge is -2.20. The summed E-state index contributed by atoms with van der Waals surface area (Å²) in [5, 5.41) is 9.56. The third-order valence-electron chi connectivity index (χ3n) is 5.21. The number of aliphatic hydroxyl groups excluding tert-OH is 1. The molecule has 2 aliphatic carbocycles. The number of aromatic nitrogens is 2. The van der Waals surface area contributed by atoms with Gasteiger partial charge >= 0.3 is 0 Å². The Labute approximate surface area is 125 Å². The maximum Gasteiger partial charge on any atom is 0.113 e. The van der Waals surface area contributed by atoms with Crippen molar-refractivity contribution in [3.63, 3.8) is 0 Å². The molecule has 0 spiro atoms. The number of imidazole rings is 1. The summed E-state index contributed by atoms with van der Waals surface area (Å²) in [6.45, 7) is 1.32. The quantitative estimate of drug-likeness (QED) is 0.849. The Kier molecular flexibility index (Phi) is 3.14. The van der Waals surface area contributed by atoms with Gasteiger partial charge in [-0.1, -0.05) is 6.42 Å². The van der Waals surface area contributed by atoms with Crippen LogP contribution in [0.5, 0.6) is 0 Å². The number of anilines is 1. The van der Waals surface area contributed by atoms with Gasteiger partial charge in [-0.2, -0.15) is 0 Å². The van der Waals surface area contributed by atoms with Gasteiger partial charge in [-0.15, -0.1) is 0 Å². The van der Waals surface area contributed by atoms with Crippen LogP contribution in [0.25, 0.3) is 11.0 Å². The van der Waals surface area contributed by atoms with Crippen LogP contribution in [0.1, 0.15) is 43.8 Å². The largest absolute Gasteiger partial charge is 0.399 e. The molecule has 2 aliphatic rings. The van der Waals surface area contributed by atoms with Crippen molar-refractivity contribution in [2.24, 2.45) is 11.8 Å². The smallest absolute Gasteiger partial charge is 0.113 e. The SMILES string of the molecule is Nc1ccc2c(c1)nc(C1CC1)n2CC1CCCC1CO. The predicted molar refractivity (Wildman–Crippen MR) is 84.0 cm³/mol. The average molecular weight is 285 g/mol. The van der Waals surface area contributed by atoms with E-state index in [2.05, 4.69) is 10.6 Å². The number of benzene rings is 1. The minimum Gasteiger partial charge on any atom is -0.399 e. The van der Waals surface area contributed by atoms with Crippen molar-refractivity contribution in [2.45, 2.75) is 44.6 Å². The number of fused-ring (bicyclic) bond motifs is 1. The van der Waals surface area contributed by atoms with Crippen LogP contribution in [0.4, 0.5) is 5.69 Å². The van der Waals surface area contributed by atoms with E-state index in [4.69, 9.17) is 10.7 Å². The molecule has 4 rings (SSSR count). The van der Waals surface area contributed by atoms with E-state index in [1.165, 1.54) is 43.4 Å². The second kappa shape index (κ2) is 5.02. The Morgan fingerprint density at radius 3 is 2.76 bits per heavy atom. The summed E-state index contributed by atoms with van der Waals surface area (Å²) in [6, 6.07) is 6.05. The molecule has 112 valence electrons. The number of hydrogen-bond acceptors (Lipinski definition) is 3. The summed E-state index contributed by atoms with van der Waals surface area (Å²) in [7, 11) is 0. The maximum atomic E-state index is 9.56. The van der Waals surface area contributed by atoms with Crippen LogP contribution in [0, 0.1) is 11.8 Å². The molecule has 0 amide bonds. The molecule has 1 heterocycles. The Balaban J connectivity index is 1.73. The van der Waals surface area contributed by atoms with Crippen molar-refractivity contribution in [1.29, 1.82) is 0 Å². The van der Waals surface area contributed by atoms with Crippen molar-refractivity contribution < 1.29 is 5.11 Å². The number of rotatable bonds is 4. The first-order chi connectivity index (χ1) is 10.3. The molecule has 3 N–H and O–H groups in total. The molecular formula is C17H23N3O. The highest BCUT2D eigenvalue weighted by Gasteiger charge is 2.32. The fourth-order valence-electron chi connectivity index (χ4n) is 3.84. The molecule has 4 heteroatoms. The van der Waals surface area contributed by atoms with Crippen molar-refractivity contribution in [3.05, 3.63) is 24.0 Å². The van der Waals surface area contributed by atoms with Gasteiger partial charge in [-0.05, 0) is 55.7 Å². The first-order valence-corrected chi connectivity index (χ1v) is 8.13. The lowest BCUT2D eigenvalue weighted by atomic mass is 9.96. The van der Waals surface area contributed by atoms with E-state index in [1.807, 2.05) is 12.1 Å². The Morgan fingerprint density at radius 2 is 2.00 bits per heavy atom. The molecule has 2 atom stereocenters. The molecule has 2 fully saturated rings. The number of hydrogen-bond donors (Lipinski definition) is 2. The van der Waals surface area contributed by atoms with Crippen LogP contribution in [-0.2, 0) is 6.54 Å². The highest BCUT2D eigenvalue weighted by Crippen LogP contribution is 2.42. The Bertz CT molecular complexity index is 659. The average Bonchev–Trinajstić information content (AvgIpc) is 3.13. The number of nitrogen functional groups attached to an aromatic ring is 1. The molecular weight excluding hydrogens is 262 g/mol. The normalized spacial score (nSPS) is 25.8. The van der Waals surface area contributed by atoms with Crippen molar-refractivity contribution in [1.82, 2.24) is 9.55 Å². The molecule has 1 aromatic carbocycles. The number of aliphatic hydroxyl groups is 1. The second-order valence-electron chi connectivity index (χ2n) is 6.74. The molecule has 0 aliphatic heterocycles. The van der Waals surface area contributed by atoms with Gasteiger partial charge in [0.2, 0.25) is 0 Å². The molecule has 0 radical (unpaired) electrons. The van der Waals surface area contributed by atoms with Gasteiger partial charge < -0.3 is 15.4 Å². The van der Waals surface area contributed by atoms with E-state index in [0.717, 1.165) is 17.7 Å². The molecule has 1 aromatic heterocycles. The zero-order valence-corrected chi connectivity index (χ0v) is 12.3. The fourth-order valence-corrected chi connectivity index (χ4v) is 3.84. The van der Waals surface area contributed by atoms with E-state index in [0.29, 0.717) is 24.4 Å². The lowest BCUT2D eigenvalue weighted by molar-refractivity contribution is 0.185. The Hall–Kier alpha value is -1.55. The first-order valence-electron chi connectivity index (χ1n) is 8.13. The van der Waals surface area contributed by atoms with Crippen molar-refractivity contribution >= 4 is 16.7 Å². The minimum absolute atomic E-state index is 0.322. The number of nitrogens with zero attached hydrogens (tertiary/aromatic N) is 2. The van der Waals surface area contributed by atoms with Gasteiger partial charge in [-0.25, -0.2) is 4.98 Å². The van der Waals surface area contributed by atoms with Gasteiger partial charge in [0.05, 0.1) is 11.0 Å². The summed E-state index contributed by atoms with van der Waals surface area (Å²) < 4.78 is 2.41. The van der Waals surface area contributed by atoms with E-state index in [9.17, 15) is 5.11 Å². The van der Waals surface area contributed by atoms with Gasteiger partial charge in [0.25, 0.3) is 0 Å². The Morgan fingerprint density at radius 1 is 1.19 bits per heavy atom. The highest BCUT2D eigenvalue weighted by molar-refractivity contribution is 5.79.